The summed E-state index contributed by atoms with van der Waals surface area (Å²) in [6, 6.07) is 0. The van der Waals surface area contributed by atoms with Crippen LogP contribution in [-0.2, 0) is 28.6 Å². The number of hydrogen-bond donors (Lipinski definition) is 0. The van der Waals surface area contributed by atoms with Crippen molar-refractivity contribution in [2.24, 2.45) is 0 Å². The van der Waals surface area contributed by atoms with Crippen LogP contribution in [0.5, 0.6) is 0 Å². The van der Waals surface area contributed by atoms with Crippen LogP contribution in [0, 0.1) is 0 Å². The molecular formula is C55H98O6. The quantitative estimate of drug-likeness (QED) is 0.0263. The van der Waals surface area contributed by atoms with Gasteiger partial charge in [-0.05, 0) is 96.3 Å². The molecule has 0 saturated carbocycles. The number of allylic oxidation sites excluding steroid dienone is 8. The Labute approximate surface area is 378 Å². The predicted octanol–water partition coefficient (Wildman–Crippen LogP) is 17.1. The summed E-state index contributed by atoms with van der Waals surface area (Å²) in [4.78, 5) is 37.9. The topological polar surface area (TPSA) is 78.9 Å². The second kappa shape index (κ2) is 50.0. The Morgan fingerprint density at radius 3 is 1.00 bits per heavy atom. The van der Waals surface area contributed by atoms with Crippen molar-refractivity contribution in [1.29, 1.82) is 0 Å². The Morgan fingerprint density at radius 1 is 0.328 bits per heavy atom. The summed E-state index contributed by atoms with van der Waals surface area (Å²) in [5.74, 6) is -0.897. The van der Waals surface area contributed by atoms with Crippen molar-refractivity contribution in [3.63, 3.8) is 0 Å². The minimum atomic E-state index is -0.780. The zero-order chi connectivity index (χ0) is 44.4. The average Bonchev–Trinajstić information content (AvgIpc) is 3.26. The number of rotatable bonds is 47. The maximum Gasteiger partial charge on any atom is 0.306 e. The lowest BCUT2D eigenvalue weighted by molar-refractivity contribution is -0.167. The third-order valence-electron chi connectivity index (χ3n) is 11.3. The summed E-state index contributed by atoms with van der Waals surface area (Å²) in [5, 5.41) is 0. The van der Waals surface area contributed by atoms with Gasteiger partial charge < -0.3 is 14.2 Å². The summed E-state index contributed by atoms with van der Waals surface area (Å²) in [6.45, 7) is 6.56. The molecule has 0 aromatic carbocycles. The van der Waals surface area contributed by atoms with E-state index in [0.29, 0.717) is 19.3 Å². The highest BCUT2D eigenvalue weighted by Crippen LogP contribution is 2.14. The highest BCUT2D eigenvalue weighted by atomic mass is 16.6. The summed E-state index contributed by atoms with van der Waals surface area (Å²) < 4.78 is 16.8. The van der Waals surface area contributed by atoms with E-state index >= 15 is 0 Å². The number of hydrogen-bond acceptors (Lipinski definition) is 6. The molecule has 0 aliphatic rings. The van der Waals surface area contributed by atoms with Gasteiger partial charge in [0.25, 0.3) is 0 Å². The van der Waals surface area contributed by atoms with Crippen molar-refractivity contribution in [2.45, 2.75) is 271 Å². The molecule has 61 heavy (non-hydrogen) atoms. The Hall–Kier alpha value is -2.63. The maximum absolute atomic E-state index is 12.8. The largest absolute Gasteiger partial charge is 0.462 e. The van der Waals surface area contributed by atoms with Gasteiger partial charge >= 0.3 is 17.9 Å². The molecule has 1 atom stereocenters. The van der Waals surface area contributed by atoms with Gasteiger partial charge in [-0.15, -0.1) is 0 Å². The van der Waals surface area contributed by atoms with Crippen LogP contribution in [0.4, 0.5) is 0 Å². The van der Waals surface area contributed by atoms with E-state index in [1.54, 1.807) is 0 Å². The van der Waals surface area contributed by atoms with E-state index in [0.717, 1.165) is 83.5 Å². The molecule has 0 amide bonds. The van der Waals surface area contributed by atoms with Gasteiger partial charge in [0.05, 0.1) is 0 Å². The second-order valence-electron chi connectivity index (χ2n) is 17.4. The van der Waals surface area contributed by atoms with Crippen LogP contribution in [0.3, 0.4) is 0 Å². The van der Waals surface area contributed by atoms with Crippen LogP contribution in [-0.4, -0.2) is 37.2 Å². The van der Waals surface area contributed by atoms with Crippen molar-refractivity contribution in [3.8, 4) is 0 Å². The number of carbonyl (C=O) groups excluding carboxylic acids is 3. The van der Waals surface area contributed by atoms with Gasteiger partial charge in [0.1, 0.15) is 13.2 Å². The smallest absolute Gasteiger partial charge is 0.306 e. The standard InChI is InChI=1S/C55H98O6/c1-4-7-10-13-16-19-22-24-26-27-29-31-34-36-39-42-45-48-54(57)60-51-52(61-55(58)49-46-43-40-37-32-21-18-15-12-9-6-3)50-59-53(56)47-44-41-38-35-33-30-28-25-23-20-17-14-11-8-5-2/h15-16,18-20,23-24,26,52H,4-14,17,21-22,25,27-51H2,1-3H3/b18-15-,19-16-,23-20-,26-24-/t52-/m0/s1. The van der Waals surface area contributed by atoms with E-state index in [1.165, 1.54) is 141 Å². The lowest BCUT2D eigenvalue weighted by atomic mass is 10.1. The zero-order valence-corrected chi connectivity index (χ0v) is 40.4. The first-order chi connectivity index (χ1) is 30.0. The molecule has 6 nitrogen and oxygen atoms in total. The van der Waals surface area contributed by atoms with Gasteiger partial charge in [0.2, 0.25) is 0 Å². The summed E-state index contributed by atoms with van der Waals surface area (Å²) in [5.41, 5.74) is 0. The highest BCUT2D eigenvalue weighted by molar-refractivity contribution is 5.71. The van der Waals surface area contributed by atoms with E-state index in [9.17, 15) is 14.4 Å². The Morgan fingerprint density at radius 2 is 0.607 bits per heavy atom. The van der Waals surface area contributed by atoms with Crippen LogP contribution < -0.4 is 0 Å². The fourth-order valence-electron chi connectivity index (χ4n) is 7.27. The van der Waals surface area contributed by atoms with Crippen molar-refractivity contribution < 1.29 is 28.6 Å². The van der Waals surface area contributed by atoms with Gasteiger partial charge in [-0.1, -0.05) is 198 Å². The summed E-state index contributed by atoms with van der Waals surface area (Å²) in [7, 11) is 0. The van der Waals surface area contributed by atoms with Gasteiger partial charge in [0, 0.05) is 19.3 Å². The van der Waals surface area contributed by atoms with Crippen LogP contribution >= 0.6 is 0 Å². The van der Waals surface area contributed by atoms with E-state index in [2.05, 4.69) is 69.4 Å². The van der Waals surface area contributed by atoms with Crippen LogP contribution in [0.1, 0.15) is 265 Å². The lowest BCUT2D eigenvalue weighted by Crippen LogP contribution is -2.30. The molecule has 6 heteroatoms. The fourth-order valence-corrected chi connectivity index (χ4v) is 7.27. The van der Waals surface area contributed by atoms with E-state index in [4.69, 9.17) is 14.2 Å². The Balaban J connectivity index is 4.35. The molecule has 0 aromatic heterocycles. The second-order valence-corrected chi connectivity index (χ2v) is 17.4. The van der Waals surface area contributed by atoms with E-state index in [1.807, 2.05) is 0 Å². The molecule has 0 N–H and O–H groups in total. The van der Waals surface area contributed by atoms with Gasteiger partial charge in [-0.3, -0.25) is 14.4 Å². The monoisotopic (exact) mass is 855 g/mol. The van der Waals surface area contributed by atoms with Crippen LogP contribution in [0.2, 0.25) is 0 Å². The van der Waals surface area contributed by atoms with E-state index < -0.39 is 6.10 Å². The van der Waals surface area contributed by atoms with Gasteiger partial charge in [-0.25, -0.2) is 0 Å². The SMILES string of the molecule is CCCC/C=C\CCCCCCCC(=O)O[C@H](COC(=O)CCCCCCCCC/C=C\C/C=C\CCCCC)COC(=O)CCCCCCCCC/C=C\CCCCCC. The third kappa shape index (κ3) is 48.3. The lowest BCUT2D eigenvalue weighted by Gasteiger charge is -2.18. The minimum Gasteiger partial charge on any atom is -0.462 e. The first kappa shape index (κ1) is 58.4. The molecule has 0 heterocycles. The van der Waals surface area contributed by atoms with Crippen molar-refractivity contribution >= 4 is 17.9 Å². The van der Waals surface area contributed by atoms with Crippen molar-refractivity contribution in [3.05, 3.63) is 48.6 Å². The number of esters is 3. The molecule has 0 unspecified atom stereocenters. The fraction of sp³-hybridized carbons (Fsp3) is 0.800. The first-order valence-corrected chi connectivity index (χ1v) is 26.1. The molecule has 0 aromatic rings. The van der Waals surface area contributed by atoms with Crippen LogP contribution in [0.25, 0.3) is 0 Å². The minimum absolute atomic E-state index is 0.0806. The molecule has 0 aliphatic carbocycles. The summed E-state index contributed by atoms with van der Waals surface area (Å²) in [6.07, 6.45) is 59.5. The number of ether oxygens (including phenoxy) is 3. The van der Waals surface area contributed by atoms with Gasteiger partial charge in [0.15, 0.2) is 6.10 Å². The predicted molar refractivity (Wildman–Crippen MR) is 261 cm³/mol. The number of unbranched alkanes of at least 4 members (excludes halogenated alkanes) is 28. The molecule has 0 bridgehead atoms. The summed E-state index contributed by atoms with van der Waals surface area (Å²) >= 11 is 0. The first-order valence-electron chi connectivity index (χ1n) is 26.1. The van der Waals surface area contributed by atoms with Crippen molar-refractivity contribution in [1.82, 2.24) is 0 Å². The molecular weight excluding hydrogens is 757 g/mol. The number of carbonyl (C=O) groups is 3. The molecule has 0 fully saturated rings. The highest BCUT2D eigenvalue weighted by Gasteiger charge is 2.19. The van der Waals surface area contributed by atoms with E-state index in [-0.39, 0.29) is 31.1 Å². The normalized spacial score (nSPS) is 12.4. The maximum atomic E-state index is 12.8. The van der Waals surface area contributed by atoms with Gasteiger partial charge in [-0.2, -0.15) is 0 Å². The average molecular weight is 855 g/mol. The van der Waals surface area contributed by atoms with Crippen LogP contribution in [0.15, 0.2) is 48.6 Å². The third-order valence-corrected chi connectivity index (χ3v) is 11.3. The molecule has 0 radical (unpaired) electrons. The molecule has 0 rings (SSSR count). The van der Waals surface area contributed by atoms with Crippen molar-refractivity contribution in [2.75, 3.05) is 13.2 Å². The molecule has 0 aliphatic heterocycles. The Bertz CT molecular complexity index is 1070. The zero-order valence-electron chi connectivity index (χ0n) is 40.4. The Kier molecular flexibility index (Phi) is 47.9. The molecule has 354 valence electrons. The molecule has 0 saturated heterocycles. The molecule has 0 spiro atoms.